The molecule has 108 valence electrons. The molecule has 0 aliphatic carbocycles. The summed E-state index contributed by atoms with van der Waals surface area (Å²) in [6, 6.07) is 0.466. The van der Waals surface area contributed by atoms with E-state index in [2.05, 4.69) is 32.6 Å². The highest BCUT2D eigenvalue weighted by molar-refractivity contribution is 4.85. The van der Waals surface area contributed by atoms with Crippen molar-refractivity contribution in [2.75, 3.05) is 26.7 Å². The van der Waals surface area contributed by atoms with Crippen LogP contribution in [0.5, 0.6) is 0 Å². The highest BCUT2D eigenvalue weighted by Gasteiger charge is 2.29. The third kappa shape index (κ3) is 4.52. The molecule has 1 rings (SSSR count). The molecule has 1 aliphatic rings. The van der Waals surface area contributed by atoms with Gasteiger partial charge in [-0.1, -0.05) is 13.8 Å². The summed E-state index contributed by atoms with van der Waals surface area (Å²) in [6.07, 6.45) is 3.66. The monoisotopic (exact) mass is 256 g/mol. The van der Waals surface area contributed by atoms with E-state index in [1.165, 1.54) is 25.9 Å². The first-order valence-electron chi connectivity index (χ1n) is 7.39. The van der Waals surface area contributed by atoms with Gasteiger partial charge in [0.25, 0.3) is 0 Å². The molecular weight excluding hydrogens is 224 g/mol. The fourth-order valence-electron chi connectivity index (χ4n) is 2.96. The third-order valence-corrected chi connectivity index (χ3v) is 4.59. The molecular formula is C15H32N2O. The minimum atomic E-state index is -0.0705. The SMILES string of the molecule is COC(C)(C)CC(CN)N1CCC(C(C)C)CC1. The molecule has 1 atom stereocenters. The topological polar surface area (TPSA) is 38.5 Å². The Morgan fingerprint density at radius 2 is 1.83 bits per heavy atom. The number of hydrogen-bond donors (Lipinski definition) is 1. The van der Waals surface area contributed by atoms with Crippen molar-refractivity contribution in [3.8, 4) is 0 Å². The average molecular weight is 256 g/mol. The number of rotatable bonds is 6. The van der Waals surface area contributed by atoms with E-state index in [1.807, 2.05) is 0 Å². The molecule has 0 aromatic heterocycles. The van der Waals surface area contributed by atoms with Crippen LogP contribution in [0.3, 0.4) is 0 Å². The lowest BCUT2D eigenvalue weighted by Crippen LogP contribution is -2.48. The van der Waals surface area contributed by atoms with Crippen molar-refractivity contribution in [1.82, 2.24) is 4.90 Å². The fourth-order valence-corrected chi connectivity index (χ4v) is 2.96. The summed E-state index contributed by atoms with van der Waals surface area (Å²) in [6.45, 7) is 12.1. The molecule has 0 saturated carbocycles. The summed E-state index contributed by atoms with van der Waals surface area (Å²) >= 11 is 0. The van der Waals surface area contributed by atoms with E-state index >= 15 is 0 Å². The van der Waals surface area contributed by atoms with Crippen LogP contribution in [0.1, 0.15) is 47.0 Å². The van der Waals surface area contributed by atoms with Crippen LogP contribution in [0.2, 0.25) is 0 Å². The second-order valence-corrected chi connectivity index (χ2v) is 6.67. The summed E-state index contributed by atoms with van der Waals surface area (Å²) in [5.74, 6) is 1.72. The normalized spacial score (nSPS) is 21.5. The molecule has 0 aromatic rings. The number of nitrogens with two attached hydrogens (primary N) is 1. The van der Waals surface area contributed by atoms with Gasteiger partial charge in [0.1, 0.15) is 0 Å². The maximum Gasteiger partial charge on any atom is 0.0638 e. The molecule has 2 N–H and O–H groups in total. The Morgan fingerprint density at radius 1 is 1.28 bits per heavy atom. The van der Waals surface area contributed by atoms with Crippen LogP contribution >= 0.6 is 0 Å². The van der Waals surface area contributed by atoms with Crippen molar-refractivity contribution in [1.29, 1.82) is 0 Å². The molecule has 1 aliphatic heterocycles. The van der Waals surface area contributed by atoms with Crippen LogP contribution in [0.15, 0.2) is 0 Å². The number of hydrogen-bond acceptors (Lipinski definition) is 3. The predicted octanol–water partition coefficient (Wildman–Crippen LogP) is 2.50. The average Bonchev–Trinajstić information content (AvgIpc) is 2.36. The molecule has 18 heavy (non-hydrogen) atoms. The van der Waals surface area contributed by atoms with Gasteiger partial charge < -0.3 is 10.5 Å². The van der Waals surface area contributed by atoms with Crippen molar-refractivity contribution in [2.24, 2.45) is 17.6 Å². The van der Waals surface area contributed by atoms with E-state index in [0.717, 1.165) is 24.8 Å². The standard InChI is InChI=1S/C15H32N2O/c1-12(2)13-6-8-17(9-7-13)14(11-16)10-15(3,4)18-5/h12-14H,6-11,16H2,1-5H3. The van der Waals surface area contributed by atoms with Crippen LogP contribution in [-0.2, 0) is 4.74 Å². The molecule has 1 fully saturated rings. The fraction of sp³-hybridized carbons (Fsp3) is 1.00. The van der Waals surface area contributed by atoms with Crippen LogP contribution in [-0.4, -0.2) is 43.3 Å². The van der Waals surface area contributed by atoms with Gasteiger partial charge in [0, 0.05) is 19.7 Å². The number of likely N-dealkylation sites (tertiary alicyclic amines) is 1. The maximum atomic E-state index is 5.96. The Morgan fingerprint density at radius 3 is 2.22 bits per heavy atom. The van der Waals surface area contributed by atoms with Crippen LogP contribution in [0.25, 0.3) is 0 Å². The second kappa shape index (κ2) is 6.88. The van der Waals surface area contributed by atoms with Gasteiger partial charge in [-0.3, -0.25) is 4.90 Å². The van der Waals surface area contributed by atoms with Gasteiger partial charge in [0.05, 0.1) is 5.60 Å². The van der Waals surface area contributed by atoms with Crippen LogP contribution < -0.4 is 5.73 Å². The quantitative estimate of drug-likeness (QED) is 0.793. The summed E-state index contributed by atoms with van der Waals surface area (Å²) < 4.78 is 5.54. The Kier molecular flexibility index (Phi) is 6.09. The van der Waals surface area contributed by atoms with E-state index in [9.17, 15) is 0 Å². The molecule has 3 nitrogen and oxygen atoms in total. The second-order valence-electron chi connectivity index (χ2n) is 6.67. The number of piperidine rings is 1. The molecule has 1 unspecified atom stereocenters. The number of ether oxygens (including phenoxy) is 1. The highest BCUT2D eigenvalue weighted by atomic mass is 16.5. The summed E-state index contributed by atoms with van der Waals surface area (Å²) in [4.78, 5) is 2.57. The first-order chi connectivity index (χ1) is 8.39. The zero-order valence-electron chi connectivity index (χ0n) is 12.9. The molecule has 3 heteroatoms. The largest absolute Gasteiger partial charge is 0.379 e. The Hall–Kier alpha value is -0.120. The van der Waals surface area contributed by atoms with Crippen molar-refractivity contribution < 1.29 is 4.74 Å². The summed E-state index contributed by atoms with van der Waals surface area (Å²) in [5, 5.41) is 0. The predicted molar refractivity (Wildman–Crippen MR) is 77.7 cm³/mol. The maximum absolute atomic E-state index is 5.96. The van der Waals surface area contributed by atoms with Gasteiger partial charge in [0.2, 0.25) is 0 Å². The molecule has 1 saturated heterocycles. The van der Waals surface area contributed by atoms with Gasteiger partial charge in [-0.2, -0.15) is 0 Å². The first kappa shape index (κ1) is 15.9. The smallest absolute Gasteiger partial charge is 0.0638 e. The Bertz CT molecular complexity index is 233. The molecule has 0 bridgehead atoms. The van der Waals surface area contributed by atoms with Crippen LogP contribution in [0.4, 0.5) is 0 Å². The van der Waals surface area contributed by atoms with Crippen molar-refractivity contribution in [2.45, 2.75) is 58.6 Å². The van der Waals surface area contributed by atoms with Crippen LogP contribution in [0, 0.1) is 11.8 Å². The molecule has 0 spiro atoms. The van der Waals surface area contributed by atoms with E-state index in [0.29, 0.717) is 6.04 Å². The van der Waals surface area contributed by atoms with Gasteiger partial charge in [-0.25, -0.2) is 0 Å². The van der Waals surface area contributed by atoms with Gasteiger partial charge >= 0.3 is 0 Å². The van der Waals surface area contributed by atoms with Crippen molar-refractivity contribution >= 4 is 0 Å². The van der Waals surface area contributed by atoms with Gasteiger partial charge in [-0.05, 0) is 58.0 Å². The van der Waals surface area contributed by atoms with E-state index in [1.54, 1.807) is 7.11 Å². The lowest BCUT2D eigenvalue weighted by atomic mass is 9.85. The number of methoxy groups -OCH3 is 1. The minimum Gasteiger partial charge on any atom is -0.379 e. The zero-order valence-corrected chi connectivity index (χ0v) is 12.9. The van der Waals surface area contributed by atoms with E-state index in [4.69, 9.17) is 10.5 Å². The molecule has 0 amide bonds. The third-order valence-electron chi connectivity index (χ3n) is 4.59. The van der Waals surface area contributed by atoms with E-state index in [-0.39, 0.29) is 5.60 Å². The van der Waals surface area contributed by atoms with E-state index < -0.39 is 0 Å². The highest BCUT2D eigenvalue weighted by Crippen LogP contribution is 2.27. The molecule has 1 heterocycles. The summed E-state index contributed by atoms with van der Waals surface area (Å²) in [7, 11) is 1.79. The summed E-state index contributed by atoms with van der Waals surface area (Å²) in [5.41, 5.74) is 5.89. The van der Waals surface area contributed by atoms with Gasteiger partial charge in [0.15, 0.2) is 0 Å². The number of nitrogens with zero attached hydrogens (tertiary/aromatic N) is 1. The first-order valence-corrected chi connectivity index (χ1v) is 7.39. The lowest BCUT2D eigenvalue weighted by Gasteiger charge is -2.40. The Labute approximate surface area is 113 Å². The Balaban J connectivity index is 2.48. The lowest BCUT2D eigenvalue weighted by molar-refractivity contribution is -0.0133. The van der Waals surface area contributed by atoms with Gasteiger partial charge in [-0.15, -0.1) is 0 Å². The minimum absolute atomic E-state index is 0.0705. The molecule has 0 aromatic carbocycles. The van der Waals surface area contributed by atoms with Crippen molar-refractivity contribution in [3.63, 3.8) is 0 Å². The van der Waals surface area contributed by atoms with Crippen molar-refractivity contribution in [3.05, 3.63) is 0 Å². The molecule has 0 radical (unpaired) electrons. The zero-order chi connectivity index (χ0) is 13.8.